The lowest BCUT2D eigenvalue weighted by Gasteiger charge is -2.26. The Kier molecular flexibility index (Phi) is 6.53. The number of ether oxygens (including phenoxy) is 2. The van der Waals surface area contributed by atoms with Gasteiger partial charge in [-0.05, 0) is 0 Å². The number of carbonyl (C=O) groups is 2. The topological polar surface area (TPSA) is 139 Å². The second-order valence-electron chi connectivity index (χ2n) is 4.20. The summed E-state index contributed by atoms with van der Waals surface area (Å²) in [6, 6.07) is -2.93. The van der Waals surface area contributed by atoms with Crippen LogP contribution in [0.5, 0.6) is 0 Å². The minimum absolute atomic E-state index is 0.767. The normalized spacial score (nSPS) is 16.4. The standard InChI is InChI=1S/C10H16N2O8/c1-5(11(15)16)9(19-7(3)13)10(20-8(4)14)6(2)12(17)18/h5-6,9-10H,1-4H3/t5-,6-,9-,10+/m0/s1. The first-order valence-corrected chi connectivity index (χ1v) is 5.69. The molecule has 0 aliphatic carbocycles. The van der Waals surface area contributed by atoms with Crippen LogP contribution >= 0.6 is 0 Å². The minimum atomic E-state index is -1.55. The van der Waals surface area contributed by atoms with E-state index >= 15 is 0 Å². The Morgan fingerprint density at radius 3 is 1.25 bits per heavy atom. The molecule has 0 bridgehead atoms. The lowest BCUT2D eigenvalue weighted by atomic mass is 10.0. The van der Waals surface area contributed by atoms with Gasteiger partial charge in [0.25, 0.3) is 12.1 Å². The van der Waals surface area contributed by atoms with Crippen LogP contribution in [0.25, 0.3) is 0 Å². The molecule has 0 fully saturated rings. The molecule has 20 heavy (non-hydrogen) atoms. The molecule has 0 rings (SSSR count). The summed E-state index contributed by atoms with van der Waals surface area (Å²) >= 11 is 0. The van der Waals surface area contributed by atoms with Crippen LogP contribution in [0.1, 0.15) is 27.7 Å². The van der Waals surface area contributed by atoms with Gasteiger partial charge in [0, 0.05) is 37.5 Å². The maximum absolute atomic E-state index is 11.0. The molecular weight excluding hydrogens is 276 g/mol. The van der Waals surface area contributed by atoms with Crippen molar-refractivity contribution in [2.45, 2.75) is 52.0 Å². The number of esters is 2. The van der Waals surface area contributed by atoms with Crippen molar-refractivity contribution in [2.24, 2.45) is 0 Å². The quantitative estimate of drug-likeness (QED) is 0.368. The monoisotopic (exact) mass is 292 g/mol. The molecule has 0 aliphatic rings. The van der Waals surface area contributed by atoms with Gasteiger partial charge in [0.1, 0.15) is 0 Å². The van der Waals surface area contributed by atoms with Crippen LogP contribution in [-0.4, -0.2) is 46.1 Å². The summed E-state index contributed by atoms with van der Waals surface area (Å²) in [5.41, 5.74) is 0. The molecule has 0 aromatic rings. The van der Waals surface area contributed by atoms with E-state index in [1.807, 2.05) is 0 Å². The molecular formula is C10H16N2O8. The third-order valence-electron chi connectivity index (χ3n) is 2.54. The van der Waals surface area contributed by atoms with E-state index in [2.05, 4.69) is 0 Å². The maximum Gasteiger partial charge on any atom is 0.303 e. The molecule has 0 aliphatic heterocycles. The van der Waals surface area contributed by atoms with Crippen molar-refractivity contribution in [1.29, 1.82) is 0 Å². The van der Waals surface area contributed by atoms with Crippen molar-refractivity contribution in [3.63, 3.8) is 0 Å². The fraction of sp³-hybridized carbons (Fsp3) is 0.800. The third kappa shape index (κ3) is 5.16. The number of nitrogens with zero attached hydrogens (tertiary/aromatic N) is 2. The largest absolute Gasteiger partial charge is 0.451 e. The minimum Gasteiger partial charge on any atom is -0.451 e. The fourth-order valence-corrected chi connectivity index (χ4v) is 1.50. The number of hydrogen-bond acceptors (Lipinski definition) is 8. The molecule has 0 radical (unpaired) electrons. The van der Waals surface area contributed by atoms with Crippen molar-refractivity contribution in [2.75, 3.05) is 0 Å². The van der Waals surface area contributed by atoms with Crippen LogP contribution in [-0.2, 0) is 19.1 Å². The van der Waals surface area contributed by atoms with E-state index in [1.54, 1.807) is 0 Å². The molecule has 0 aromatic carbocycles. The van der Waals surface area contributed by atoms with Crippen LogP contribution in [0.15, 0.2) is 0 Å². The molecule has 0 aromatic heterocycles. The van der Waals surface area contributed by atoms with E-state index in [-0.39, 0.29) is 0 Å². The van der Waals surface area contributed by atoms with Crippen LogP contribution in [0.2, 0.25) is 0 Å². The van der Waals surface area contributed by atoms with Crippen LogP contribution in [0.3, 0.4) is 0 Å². The Morgan fingerprint density at radius 2 is 1.10 bits per heavy atom. The molecule has 10 nitrogen and oxygen atoms in total. The van der Waals surface area contributed by atoms with Gasteiger partial charge >= 0.3 is 11.9 Å². The smallest absolute Gasteiger partial charge is 0.303 e. The van der Waals surface area contributed by atoms with Gasteiger partial charge < -0.3 is 9.47 Å². The molecule has 0 amide bonds. The van der Waals surface area contributed by atoms with E-state index in [9.17, 15) is 29.8 Å². The molecule has 114 valence electrons. The molecule has 0 saturated heterocycles. The SMILES string of the molecule is CC(=O)O[C@H]([C@H](OC(C)=O)[C@H](C)[N+](=O)[O-])[C@H](C)[N+](=O)[O-]. The molecule has 0 saturated carbocycles. The Bertz CT molecular complexity index is 372. The second kappa shape index (κ2) is 7.36. The molecule has 0 unspecified atom stereocenters. The third-order valence-corrected chi connectivity index (χ3v) is 2.54. The first-order valence-electron chi connectivity index (χ1n) is 5.69. The summed E-state index contributed by atoms with van der Waals surface area (Å²) in [6.07, 6.45) is -3.10. The van der Waals surface area contributed by atoms with Gasteiger partial charge in [0.2, 0.25) is 12.2 Å². The molecule has 0 heterocycles. The number of nitro groups is 2. The molecule has 4 atom stereocenters. The first-order chi connectivity index (χ1) is 9.07. The summed E-state index contributed by atoms with van der Waals surface area (Å²) in [6.45, 7) is 4.22. The zero-order chi connectivity index (χ0) is 16.0. The highest BCUT2D eigenvalue weighted by Gasteiger charge is 2.46. The van der Waals surface area contributed by atoms with Crippen molar-refractivity contribution < 1.29 is 28.9 Å². The molecule has 0 N–H and O–H groups in total. The van der Waals surface area contributed by atoms with E-state index in [1.165, 1.54) is 0 Å². The van der Waals surface area contributed by atoms with Gasteiger partial charge in [-0.25, -0.2) is 0 Å². The number of hydrogen-bond donors (Lipinski definition) is 0. The van der Waals surface area contributed by atoms with Crippen molar-refractivity contribution in [3.8, 4) is 0 Å². The highest BCUT2D eigenvalue weighted by molar-refractivity contribution is 5.67. The lowest BCUT2D eigenvalue weighted by Crippen LogP contribution is -2.51. The van der Waals surface area contributed by atoms with Gasteiger partial charge in [-0.1, -0.05) is 0 Å². The van der Waals surface area contributed by atoms with Gasteiger partial charge in [0.05, 0.1) is 0 Å². The van der Waals surface area contributed by atoms with E-state index < -0.39 is 46.1 Å². The Balaban J connectivity index is 5.47. The predicted octanol–water partition coefficient (Wildman–Crippen LogP) is 0.180. The van der Waals surface area contributed by atoms with Gasteiger partial charge in [-0.15, -0.1) is 0 Å². The van der Waals surface area contributed by atoms with E-state index in [0.717, 1.165) is 27.7 Å². The summed E-state index contributed by atoms with van der Waals surface area (Å²) in [5, 5.41) is 21.6. The average molecular weight is 292 g/mol. The van der Waals surface area contributed by atoms with Gasteiger partial charge in [-0.2, -0.15) is 0 Å². The van der Waals surface area contributed by atoms with E-state index in [0.29, 0.717) is 0 Å². The highest BCUT2D eigenvalue weighted by Crippen LogP contribution is 2.17. The summed E-state index contributed by atoms with van der Waals surface area (Å²) in [7, 11) is 0. The van der Waals surface area contributed by atoms with Gasteiger partial charge in [0.15, 0.2) is 0 Å². The molecule has 10 heteroatoms. The summed E-state index contributed by atoms with van der Waals surface area (Å²) in [5.74, 6) is -1.73. The Labute approximate surface area is 114 Å². The van der Waals surface area contributed by atoms with Crippen LogP contribution in [0.4, 0.5) is 0 Å². The van der Waals surface area contributed by atoms with Crippen molar-refractivity contribution in [1.82, 2.24) is 0 Å². The average Bonchev–Trinajstić information content (AvgIpc) is 2.30. The van der Waals surface area contributed by atoms with Gasteiger partial charge in [-0.3, -0.25) is 29.8 Å². The van der Waals surface area contributed by atoms with Crippen molar-refractivity contribution in [3.05, 3.63) is 20.2 Å². The number of rotatable bonds is 7. The Hall–Kier alpha value is -2.26. The van der Waals surface area contributed by atoms with Crippen molar-refractivity contribution >= 4 is 11.9 Å². The first kappa shape index (κ1) is 17.7. The van der Waals surface area contributed by atoms with Crippen LogP contribution in [0, 0.1) is 20.2 Å². The zero-order valence-electron chi connectivity index (χ0n) is 11.5. The molecule has 0 spiro atoms. The maximum atomic E-state index is 11.0. The number of carbonyl (C=O) groups excluding carboxylic acids is 2. The second-order valence-corrected chi connectivity index (χ2v) is 4.20. The summed E-state index contributed by atoms with van der Waals surface area (Å²) in [4.78, 5) is 42.1. The highest BCUT2D eigenvalue weighted by atomic mass is 16.7. The van der Waals surface area contributed by atoms with Crippen LogP contribution < -0.4 is 0 Å². The Morgan fingerprint density at radius 1 is 0.850 bits per heavy atom. The zero-order valence-corrected chi connectivity index (χ0v) is 11.5. The van der Waals surface area contributed by atoms with E-state index in [4.69, 9.17) is 9.47 Å². The predicted molar refractivity (Wildman–Crippen MR) is 64.0 cm³/mol. The lowest BCUT2D eigenvalue weighted by molar-refractivity contribution is -0.552. The summed E-state index contributed by atoms with van der Waals surface area (Å²) < 4.78 is 9.49. The fourth-order valence-electron chi connectivity index (χ4n) is 1.50.